The lowest BCUT2D eigenvalue weighted by Crippen LogP contribution is -2.39. The molecule has 2 atom stereocenters. The molecule has 1 fully saturated rings. The number of ether oxygens (including phenoxy) is 2. The lowest BCUT2D eigenvalue weighted by atomic mass is 9.84. The average Bonchev–Trinajstić information content (AvgIpc) is 2.68. The molecule has 0 aromatic rings. The van der Waals surface area contributed by atoms with Crippen molar-refractivity contribution in [3.05, 3.63) is 0 Å². The van der Waals surface area contributed by atoms with Gasteiger partial charge in [-0.1, -0.05) is 0 Å². The van der Waals surface area contributed by atoms with E-state index in [0.717, 1.165) is 25.7 Å². The van der Waals surface area contributed by atoms with Gasteiger partial charge in [0.1, 0.15) is 5.60 Å². The van der Waals surface area contributed by atoms with E-state index in [-0.39, 0.29) is 24.2 Å². The van der Waals surface area contributed by atoms with Crippen molar-refractivity contribution in [1.29, 1.82) is 0 Å². The second-order valence-corrected chi connectivity index (χ2v) is 6.49. The molecule has 1 aliphatic carbocycles. The number of rotatable bonds is 5. The molecule has 0 aliphatic heterocycles. The third-order valence-corrected chi connectivity index (χ3v) is 3.60. The number of nitrogens with one attached hydrogen (secondary N) is 1. The largest absolute Gasteiger partial charge is 0.444 e. The van der Waals surface area contributed by atoms with E-state index in [2.05, 4.69) is 5.32 Å². The smallest absolute Gasteiger partial charge is 0.407 e. The Labute approximate surface area is 115 Å². The van der Waals surface area contributed by atoms with Crippen LogP contribution in [0.15, 0.2) is 0 Å². The molecule has 5 nitrogen and oxygen atoms in total. The fourth-order valence-corrected chi connectivity index (χ4v) is 2.57. The summed E-state index contributed by atoms with van der Waals surface area (Å²) in [6.45, 7) is 6.32. The Balaban J connectivity index is 2.44. The van der Waals surface area contributed by atoms with Crippen molar-refractivity contribution in [2.45, 2.75) is 58.1 Å². The molecule has 1 unspecified atom stereocenters. The highest BCUT2D eigenvalue weighted by Crippen LogP contribution is 2.40. The van der Waals surface area contributed by atoms with Crippen LogP contribution in [0.4, 0.5) is 4.79 Å². The lowest BCUT2D eigenvalue weighted by molar-refractivity contribution is 0.0487. The zero-order valence-corrected chi connectivity index (χ0v) is 12.5. The van der Waals surface area contributed by atoms with Gasteiger partial charge in [0, 0.05) is 26.4 Å². The van der Waals surface area contributed by atoms with Crippen LogP contribution in [0.3, 0.4) is 0 Å². The van der Waals surface area contributed by atoms with E-state index in [0.29, 0.717) is 6.61 Å². The number of methoxy groups -OCH3 is 1. The van der Waals surface area contributed by atoms with Crippen LogP contribution < -0.4 is 5.32 Å². The SMILES string of the molecule is COCC[C@]1(CO)CCC(NC(=O)OC(C)(C)C)C1. The highest BCUT2D eigenvalue weighted by atomic mass is 16.6. The first kappa shape index (κ1) is 16.2. The molecule has 19 heavy (non-hydrogen) atoms. The predicted octanol–water partition coefficient (Wildman–Crippen LogP) is 2.08. The van der Waals surface area contributed by atoms with Gasteiger partial charge in [-0.2, -0.15) is 0 Å². The van der Waals surface area contributed by atoms with Crippen LogP contribution in [0.1, 0.15) is 46.5 Å². The minimum atomic E-state index is -0.479. The van der Waals surface area contributed by atoms with Crippen LogP contribution in [-0.2, 0) is 9.47 Å². The van der Waals surface area contributed by atoms with Gasteiger partial charge < -0.3 is 19.9 Å². The fraction of sp³-hybridized carbons (Fsp3) is 0.929. The molecule has 1 amide bonds. The summed E-state index contributed by atoms with van der Waals surface area (Å²) < 4.78 is 10.3. The summed E-state index contributed by atoms with van der Waals surface area (Å²) >= 11 is 0. The van der Waals surface area contributed by atoms with Gasteiger partial charge in [-0.05, 0) is 51.9 Å². The Morgan fingerprint density at radius 2 is 2.16 bits per heavy atom. The van der Waals surface area contributed by atoms with Crippen LogP contribution in [0.5, 0.6) is 0 Å². The van der Waals surface area contributed by atoms with Gasteiger partial charge in [0.25, 0.3) is 0 Å². The van der Waals surface area contributed by atoms with Gasteiger partial charge >= 0.3 is 6.09 Å². The maximum atomic E-state index is 11.7. The molecule has 1 rings (SSSR count). The second-order valence-electron chi connectivity index (χ2n) is 6.49. The van der Waals surface area contributed by atoms with E-state index >= 15 is 0 Å². The molecule has 1 aliphatic rings. The molecule has 2 N–H and O–H groups in total. The van der Waals surface area contributed by atoms with Crippen molar-refractivity contribution in [3.63, 3.8) is 0 Å². The Kier molecular flexibility index (Phi) is 5.62. The second kappa shape index (κ2) is 6.57. The zero-order chi connectivity index (χ0) is 14.5. The summed E-state index contributed by atoms with van der Waals surface area (Å²) in [7, 11) is 1.66. The number of hydrogen-bond donors (Lipinski definition) is 2. The maximum absolute atomic E-state index is 11.7. The van der Waals surface area contributed by atoms with Crippen molar-refractivity contribution in [3.8, 4) is 0 Å². The van der Waals surface area contributed by atoms with Crippen molar-refractivity contribution >= 4 is 6.09 Å². The number of carbonyl (C=O) groups excluding carboxylic acids is 1. The monoisotopic (exact) mass is 273 g/mol. The van der Waals surface area contributed by atoms with E-state index in [4.69, 9.17) is 9.47 Å². The molecule has 0 saturated heterocycles. The topological polar surface area (TPSA) is 67.8 Å². The summed E-state index contributed by atoms with van der Waals surface area (Å²) in [6.07, 6.45) is 3.02. The van der Waals surface area contributed by atoms with Crippen LogP contribution >= 0.6 is 0 Å². The molecule has 0 aromatic heterocycles. The highest BCUT2D eigenvalue weighted by Gasteiger charge is 2.39. The van der Waals surface area contributed by atoms with Crippen LogP contribution in [-0.4, -0.2) is 43.2 Å². The summed E-state index contributed by atoms with van der Waals surface area (Å²) in [5.41, 5.74) is -0.595. The number of hydrogen-bond acceptors (Lipinski definition) is 4. The number of alkyl carbamates (subject to hydrolysis) is 1. The zero-order valence-electron chi connectivity index (χ0n) is 12.5. The molecule has 0 aromatic carbocycles. The Morgan fingerprint density at radius 3 is 2.68 bits per heavy atom. The molecule has 112 valence electrons. The fourth-order valence-electron chi connectivity index (χ4n) is 2.57. The van der Waals surface area contributed by atoms with Crippen molar-refractivity contribution in [2.75, 3.05) is 20.3 Å². The molecule has 1 saturated carbocycles. The average molecular weight is 273 g/mol. The van der Waals surface area contributed by atoms with Gasteiger partial charge in [-0.15, -0.1) is 0 Å². The van der Waals surface area contributed by atoms with Crippen molar-refractivity contribution in [2.24, 2.45) is 5.41 Å². The standard InChI is InChI=1S/C14H27NO4/c1-13(2,3)19-12(17)15-11-5-6-14(9-11,10-16)7-8-18-4/h11,16H,5-10H2,1-4H3,(H,15,17)/t11?,14-/m1/s1. The quantitative estimate of drug-likeness (QED) is 0.804. The molecular formula is C14H27NO4. The summed E-state index contributed by atoms with van der Waals surface area (Å²) in [5.74, 6) is 0. The highest BCUT2D eigenvalue weighted by molar-refractivity contribution is 5.68. The van der Waals surface area contributed by atoms with Gasteiger partial charge in [0.05, 0.1) is 0 Å². The van der Waals surface area contributed by atoms with E-state index in [1.807, 2.05) is 20.8 Å². The Morgan fingerprint density at radius 1 is 1.47 bits per heavy atom. The minimum absolute atomic E-state index is 0.0823. The third-order valence-electron chi connectivity index (χ3n) is 3.60. The minimum Gasteiger partial charge on any atom is -0.444 e. The van der Waals surface area contributed by atoms with Gasteiger partial charge in [-0.3, -0.25) is 0 Å². The maximum Gasteiger partial charge on any atom is 0.407 e. The Hall–Kier alpha value is -0.810. The molecule has 0 heterocycles. The van der Waals surface area contributed by atoms with Crippen molar-refractivity contribution in [1.82, 2.24) is 5.32 Å². The van der Waals surface area contributed by atoms with Gasteiger partial charge in [0.15, 0.2) is 0 Å². The summed E-state index contributed by atoms with van der Waals surface area (Å²) in [6, 6.07) is 0.0823. The molecular weight excluding hydrogens is 246 g/mol. The molecule has 0 radical (unpaired) electrons. The van der Waals surface area contributed by atoms with Gasteiger partial charge in [0.2, 0.25) is 0 Å². The van der Waals surface area contributed by atoms with E-state index < -0.39 is 5.60 Å². The van der Waals surface area contributed by atoms with Crippen molar-refractivity contribution < 1.29 is 19.4 Å². The van der Waals surface area contributed by atoms with E-state index in [1.165, 1.54) is 0 Å². The first-order valence-corrected chi connectivity index (χ1v) is 6.89. The molecule has 0 bridgehead atoms. The summed E-state index contributed by atoms with van der Waals surface area (Å²) in [4.78, 5) is 11.7. The number of amides is 1. The summed E-state index contributed by atoms with van der Waals surface area (Å²) in [5, 5.41) is 12.5. The lowest BCUT2D eigenvalue weighted by Gasteiger charge is -2.27. The first-order valence-electron chi connectivity index (χ1n) is 6.89. The third kappa shape index (κ3) is 5.37. The normalized spacial score (nSPS) is 27.3. The van der Waals surface area contributed by atoms with Gasteiger partial charge in [-0.25, -0.2) is 4.79 Å². The number of aliphatic hydroxyl groups is 1. The van der Waals surface area contributed by atoms with E-state index in [1.54, 1.807) is 7.11 Å². The molecule has 5 heteroatoms. The van der Waals surface area contributed by atoms with Crippen LogP contribution in [0, 0.1) is 5.41 Å². The predicted molar refractivity (Wildman–Crippen MR) is 73.0 cm³/mol. The Bertz CT molecular complexity index is 300. The van der Waals surface area contributed by atoms with Crippen LogP contribution in [0.2, 0.25) is 0 Å². The number of aliphatic hydroxyl groups excluding tert-OH is 1. The first-order chi connectivity index (χ1) is 8.80. The van der Waals surface area contributed by atoms with Crippen LogP contribution in [0.25, 0.3) is 0 Å². The van der Waals surface area contributed by atoms with E-state index in [9.17, 15) is 9.90 Å². The number of carbonyl (C=O) groups is 1. The molecule has 0 spiro atoms.